The maximum absolute atomic E-state index is 5.88. The molecular weight excluding hydrogens is 184 g/mol. The van der Waals surface area contributed by atoms with E-state index >= 15 is 0 Å². The van der Waals surface area contributed by atoms with Gasteiger partial charge in [-0.2, -0.15) is 0 Å². The molecule has 0 aliphatic heterocycles. The summed E-state index contributed by atoms with van der Waals surface area (Å²) in [6.45, 7) is 8.53. The largest absolute Gasteiger partial charge is 0.467 e. The van der Waals surface area contributed by atoms with Gasteiger partial charge in [-0.1, -0.05) is 26.7 Å². The van der Waals surface area contributed by atoms with E-state index in [1.807, 2.05) is 0 Å². The topological polar surface area (TPSA) is 9.23 Å². The molecule has 0 fully saturated rings. The van der Waals surface area contributed by atoms with Crippen LogP contribution in [0.25, 0.3) is 0 Å². The van der Waals surface area contributed by atoms with Gasteiger partial charge in [-0.3, -0.25) is 0 Å². The molecule has 0 atom stereocenters. The van der Waals surface area contributed by atoms with Crippen molar-refractivity contribution in [2.75, 3.05) is 0 Å². The Bertz CT molecular complexity index is 179. The van der Waals surface area contributed by atoms with Crippen molar-refractivity contribution in [2.24, 2.45) is 0 Å². The number of hydrogen-bond acceptors (Lipinski definition) is 1. The van der Waals surface area contributed by atoms with Crippen LogP contribution < -0.4 is 0 Å². The zero-order chi connectivity index (χ0) is 11.5. The van der Waals surface area contributed by atoms with Gasteiger partial charge in [0.25, 0.3) is 0 Å². The maximum atomic E-state index is 5.88. The lowest BCUT2D eigenvalue weighted by molar-refractivity contribution is 0.270. The highest BCUT2D eigenvalue weighted by molar-refractivity contribution is 5.00. The zero-order valence-electron chi connectivity index (χ0n) is 10.8. The van der Waals surface area contributed by atoms with E-state index in [9.17, 15) is 0 Å². The molecule has 0 unspecified atom stereocenters. The van der Waals surface area contributed by atoms with Crippen LogP contribution in [0.1, 0.15) is 66.2 Å². The molecule has 88 valence electrons. The van der Waals surface area contributed by atoms with Crippen LogP contribution in [0.2, 0.25) is 0 Å². The molecule has 0 aromatic carbocycles. The molecule has 0 spiro atoms. The van der Waals surface area contributed by atoms with E-state index < -0.39 is 0 Å². The number of hydrogen-bond donors (Lipinski definition) is 0. The van der Waals surface area contributed by atoms with E-state index in [2.05, 4.69) is 39.8 Å². The van der Waals surface area contributed by atoms with Crippen LogP contribution in [0.4, 0.5) is 0 Å². The third-order valence-electron chi connectivity index (χ3n) is 2.46. The lowest BCUT2D eigenvalue weighted by Crippen LogP contribution is -1.94. The molecule has 15 heavy (non-hydrogen) atoms. The van der Waals surface area contributed by atoms with Gasteiger partial charge < -0.3 is 4.74 Å². The van der Waals surface area contributed by atoms with E-state index in [4.69, 9.17) is 4.74 Å². The zero-order valence-corrected chi connectivity index (χ0v) is 10.8. The number of unbranched alkanes of at least 4 members (excludes halogenated alkanes) is 2. The predicted molar refractivity (Wildman–Crippen MR) is 67.6 cm³/mol. The van der Waals surface area contributed by atoms with Crippen molar-refractivity contribution in [1.82, 2.24) is 0 Å². The Morgan fingerprint density at radius 2 is 1.27 bits per heavy atom. The summed E-state index contributed by atoms with van der Waals surface area (Å²) in [5.74, 6) is 2.25. The van der Waals surface area contributed by atoms with E-state index in [0.29, 0.717) is 0 Å². The van der Waals surface area contributed by atoms with Crippen LogP contribution in [0.5, 0.6) is 0 Å². The van der Waals surface area contributed by atoms with Gasteiger partial charge in [0.1, 0.15) is 0 Å². The minimum Gasteiger partial charge on any atom is -0.467 e. The lowest BCUT2D eigenvalue weighted by atomic mass is 10.2. The highest BCUT2D eigenvalue weighted by atomic mass is 16.5. The van der Waals surface area contributed by atoms with Gasteiger partial charge in [0.15, 0.2) is 0 Å². The summed E-state index contributed by atoms with van der Waals surface area (Å²) in [5, 5.41) is 0. The van der Waals surface area contributed by atoms with Crippen molar-refractivity contribution in [3.8, 4) is 0 Å². The van der Waals surface area contributed by atoms with Crippen molar-refractivity contribution >= 4 is 0 Å². The van der Waals surface area contributed by atoms with Gasteiger partial charge in [0.2, 0.25) is 0 Å². The van der Waals surface area contributed by atoms with Gasteiger partial charge in [0.05, 0.1) is 11.5 Å². The van der Waals surface area contributed by atoms with E-state index in [0.717, 1.165) is 24.4 Å². The first-order valence-corrected chi connectivity index (χ1v) is 6.26. The summed E-state index contributed by atoms with van der Waals surface area (Å²) >= 11 is 0. The molecule has 0 aliphatic rings. The van der Waals surface area contributed by atoms with Crippen LogP contribution in [0.3, 0.4) is 0 Å². The molecule has 0 saturated carbocycles. The first-order chi connectivity index (χ1) is 7.28. The van der Waals surface area contributed by atoms with Gasteiger partial charge in [-0.25, -0.2) is 0 Å². The predicted octanol–water partition coefficient (Wildman–Crippen LogP) is 5.19. The molecule has 0 aromatic heterocycles. The SMILES string of the molecule is C/C=C(/CCCC)O/C(=C\C)CCCC. The smallest absolute Gasteiger partial charge is 0.0993 e. The fourth-order valence-corrected chi connectivity index (χ4v) is 1.38. The van der Waals surface area contributed by atoms with Crippen molar-refractivity contribution in [3.05, 3.63) is 23.7 Å². The molecule has 0 amide bonds. The van der Waals surface area contributed by atoms with Crippen LogP contribution in [-0.2, 0) is 4.74 Å². The summed E-state index contributed by atoms with van der Waals surface area (Å²) in [6, 6.07) is 0. The van der Waals surface area contributed by atoms with Crippen molar-refractivity contribution in [3.63, 3.8) is 0 Å². The summed E-state index contributed by atoms with van der Waals surface area (Å²) in [6.07, 6.45) is 11.2. The molecule has 0 heterocycles. The highest BCUT2D eigenvalue weighted by Gasteiger charge is 2.01. The Hall–Kier alpha value is -0.720. The standard InChI is InChI=1S/C14H26O/c1-5-9-11-13(7-3)15-14(8-4)12-10-6-2/h7-8H,5-6,9-12H2,1-4H3/b13-7-,14-8-. The molecule has 0 N–H and O–H groups in total. The first-order valence-electron chi connectivity index (χ1n) is 6.26. The third-order valence-corrected chi connectivity index (χ3v) is 2.46. The summed E-state index contributed by atoms with van der Waals surface area (Å²) in [5.41, 5.74) is 0. The van der Waals surface area contributed by atoms with E-state index in [1.54, 1.807) is 0 Å². The van der Waals surface area contributed by atoms with E-state index in [-0.39, 0.29) is 0 Å². The first kappa shape index (κ1) is 14.3. The van der Waals surface area contributed by atoms with Crippen LogP contribution in [0, 0.1) is 0 Å². The average Bonchev–Trinajstić information content (AvgIpc) is 2.28. The van der Waals surface area contributed by atoms with Crippen LogP contribution >= 0.6 is 0 Å². The molecule has 1 nitrogen and oxygen atoms in total. The monoisotopic (exact) mass is 210 g/mol. The quantitative estimate of drug-likeness (QED) is 0.501. The van der Waals surface area contributed by atoms with E-state index in [1.165, 1.54) is 25.7 Å². The molecule has 1 heteroatoms. The Kier molecular flexibility index (Phi) is 9.35. The Morgan fingerprint density at radius 3 is 1.53 bits per heavy atom. The summed E-state index contributed by atoms with van der Waals surface area (Å²) in [4.78, 5) is 0. The molecule has 0 rings (SSSR count). The molecule has 0 saturated heterocycles. The number of rotatable bonds is 8. The van der Waals surface area contributed by atoms with Crippen molar-refractivity contribution < 1.29 is 4.74 Å². The average molecular weight is 210 g/mol. The normalized spacial score (nSPS) is 13.1. The third kappa shape index (κ3) is 7.24. The van der Waals surface area contributed by atoms with Crippen LogP contribution in [-0.4, -0.2) is 0 Å². The minimum atomic E-state index is 1.07. The van der Waals surface area contributed by atoms with Gasteiger partial charge in [-0.15, -0.1) is 0 Å². The number of allylic oxidation sites excluding steroid dienone is 4. The second-order valence-corrected chi connectivity index (χ2v) is 3.82. The molecule has 0 bridgehead atoms. The Labute approximate surface area is 95.2 Å². The molecule has 0 aromatic rings. The lowest BCUT2D eigenvalue weighted by Gasteiger charge is -2.12. The second kappa shape index (κ2) is 9.82. The Morgan fingerprint density at radius 1 is 0.867 bits per heavy atom. The number of ether oxygens (including phenoxy) is 1. The summed E-state index contributed by atoms with van der Waals surface area (Å²) < 4.78 is 5.88. The molecule has 0 radical (unpaired) electrons. The van der Waals surface area contributed by atoms with Crippen molar-refractivity contribution in [2.45, 2.75) is 66.2 Å². The van der Waals surface area contributed by atoms with Gasteiger partial charge in [-0.05, 0) is 38.8 Å². The second-order valence-electron chi connectivity index (χ2n) is 3.82. The van der Waals surface area contributed by atoms with Crippen molar-refractivity contribution in [1.29, 1.82) is 0 Å². The fourth-order valence-electron chi connectivity index (χ4n) is 1.38. The highest BCUT2D eigenvalue weighted by Crippen LogP contribution is 2.17. The molecule has 0 aliphatic carbocycles. The summed E-state index contributed by atoms with van der Waals surface area (Å²) in [7, 11) is 0. The van der Waals surface area contributed by atoms with Crippen LogP contribution in [0.15, 0.2) is 23.7 Å². The Balaban J connectivity index is 4.02. The maximum Gasteiger partial charge on any atom is 0.0993 e. The fraction of sp³-hybridized carbons (Fsp3) is 0.714. The van der Waals surface area contributed by atoms with Gasteiger partial charge >= 0.3 is 0 Å². The minimum absolute atomic E-state index is 1.07. The van der Waals surface area contributed by atoms with Gasteiger partial charge in [0, 0.05) is 12.8 Å². The molecular formula is C14H26O.